The lowest BCUT2D eigenvalue weighted by Crippen LogP contribution is -2.34. The summed E-state index contributed by atoms with van der Waals surface area (Å²) in [5.74, 6) is 1.32. The molecule has 1 heterocycles. The first-order valence-corrected chi connectivity index (χ1v) is 6.14. The quantitative estimate of drug-likeness (QED) is 0.486. The smallest absolute Gasteiger partial charge is 0.269 e. The fourth-order valence-corrected chi connectivity index (χ4v) is 1.77. The molecular formula is C13H17ClN2O4. The fraction of sp³-hybridized carbons (Fsp3) is 0.385. The summed E-state index contributed by atoms with van der Waals surface area (Å²) in [4.78, 5) is 12.3. The average molecular weight is 301 g/mol. The molecule has 1 aliphatic heterocycles. The van der Waals surface area contributed by atoms with E-state index in [0.717, 1.165) is 25.4 Å². The van der Waals surface area contributed by atoms with Crippen LogP contribution in [0.4, 0.5) is 5.69 Å². The van der Waals surface area contributed by atoms with Gasteiger partial charge in [-0.05, 0) is 18.7 Å². The van der Waals surface area contributed by atoms with Gasteiger partial charge < -0.3 is 9.47 Å². The molecule has 0 saturated carbocycles. The molecule has 6 nitrogen and oxygen atoms in total. The van der Waals surface area contributed by atoms with Gasteiger partial charge in [0.25, 0.3) is 5.69 Å². The van der Waals surface area contributed by atoms with E-state index in [1.165, 1.54) is 12.1 Å². The maximum atomic E-state index is 10.5. The van der Waals surface area contributed by atoms with E-state index < -0.39 is 4.92 Å². The second-order valence-electron chi connectivity index (χ2n) is 4.17. The molecule has 0 radical (unpaired) electrons. The lowest BCUT2D eigenvalue weighted by atomic mass is 10.3. The van der Waals surface area contributed by atoms with Crippen LogP contribution in [0.5, 0.6) is 5.75 Å². The van der Waals surface area contributed by atoms with Crippen LogP contribution < -0.4 is 4.74 Å². The number of likely N-dealkylation sites (N-methyl/N-ethyl adjacent to an activating group) is 1. The summed E-state index contributed by atoms with van der Waals surface area (Å²) in [7, 11) is 0. The lowest BCUT2D eigenvalue weighted by molar-refractivity contribution is -0.384. The van der Waals surface area contributed by atoms with E-state index in [4.69, 9.17) is 9.47 Å². The van der Waals surface area contributed by atoms with E-state index >= 15 is 0 Å². The molecule has 0 aromatic heterocycles. The Labute approximate surface area is 123 Å². The van der Waals surface area contributed by atoms with Gasteiger partial charge in [-0.2, -0.15) is 0 Å². The number of morpholine rings is 1. The van der Waals surface area contributed by atoms with Crippen LogP contribution in [0.2, 0.25) is 0 Å². The summed E-state index contributed by atoms with van der Waals surface area (Å²) in [6.07, 6.45) is 1.56. The van der Waals surface area contributed by atoms with Crippen LogP contribution >= 0.6 is 12.4 Å². The molecule has 1 aromatic carbocycles. The van der Waals surface area contributed by atoms with Crippen LogP contribution in [0, 0.1) is 10.1 Å². The minimum absolute atomic E-state index is 0. The van der Waals surface area contributed by atoms with Crippen molar-refractivity contribution in [3.8, 4) is 5.75 Å². The first kappa shape index (κ1) is 16.3. The molecule has 0 unspecified atom stereocenters. The molecule has 1 saturated heterocycles. The molecule has 0 atom stereocenters. The summed E-state index contributed by atoms with van der Waals surface area (Å²) in [5.41, 5.74) is 0.0473. The fourth-order valence-electron chi connectivity index (χ4n) is 1.77. The monoisotopic (exact) mass is 300 g/mol. The molecule has 7 heteroatoms. The third kappa shape index (κ3) is 4.40. The van der Waals surface area contributed by atoms with Gasteiger partial charge in [-0.25, -0.2) is 0 Å². The number of benzene rings is 1. The highest BCUT2D eigenvalue weighted by Gasteiger charge is 2.13. The Hall–Kier alpha value is -1.79. The third-order valence-electron chi connectivity index (χ3n) is 2.90. The molecule has 0 bridgehead atoms. The SMILES string of the molecule is CCN1CCOC(=COc2ccc([N+](=O)[O-])cc2)C1.Cl. The minimum atomic E-state index is -0.439. The Morgan fingerprint density at radius 2 is 2.15 bits per heavy atom. The number of non-ortho nitro benzene ring substituents is 1. The predicted molar refractivity (Wildman–Crippen MR) is 77.1 cm³/mol. The zero-order valence-electron chi connectivity index (χ0n) is 11.2. The van der Waals surface area contributed by atoms with Crippen molar-refractivity contribution >= 4 is 18.1 Å². The molecule has 0 aliphatic carbocycles. The van der Waals surface area contributed by atoms with Crippen molar-refractivity contribution in [2.24, 2.45) is 0 Å². The molecular weight excluding hydrogens is 284 g/mol. The Bertz CT molecular complexity index is 476. The normalized spacial score (nSPS) is 17.1. The number of hydrogen-bond donors (Lipinski definition) is 0. The van der Waals surface area contributed by atoms with E-state index in [2.05, 4.69) is 11.8 Å². The van der Waals surface area contributed by atoms with Gasteiger partial charge >= 0.3 is 0 Å². The number of nitrogens with zero attached hydrogens (tertiary/aromatic N) is 2. The third-order valence-corrected chi connectivity index (χ3v) is 2.90. The predicted octanol–water partition coefficient (Wildman–Crippen LogP) is 2.59. The summed E-state index contributed by atoms with van der Waals surface area (Å²) in [6.45, 7) is 5.37. The molecule has 0 spiro atoms. The average Bonchev–Trinajstić information content (AvgIpc) is 2.46. The van der Waals surface area contributed by atoms with Gasteiger partial charge in [-0.1, -0.05) is 6.92 Å². The molecule has 0 amide bonds. The Morgan fingerprint density at radius 3 is 2.75 bits per heavy atom. The Balaban J connectivity index is 0.00000200. The number of nitro groups is 1. The van der Waals surface area contributed by atoms with Crippen molar-refractivity contribution in [1.82, 2.24) is 4.90 Å². The van der Waals surface area contributed by atoms with E-state index in [1.807, 2.05) is 0 Å². The van der Waals surface area contributed by atoms with Gasteiger partial charge in [0.1, 0.15) is 24.4 Å². The molecule has 20 heavy (non-hydrogen) atoms. The van der Waals surface area contributed by atoms with E-state index in [9.17, 15) is 10.1 Å². The summed E-state index contributed by atoms with van der Waals surface area (Å²) in [6, 6.07) is 5.95. The van der Waals surface area contributed by atoms with Gasteiger partial charge in [0.15, 0.2) is 0 Å². The highest BCUT2D eigenvalue weighted by Crippen LogP contribution is 2.18. The van der Waals surface area contributed by atoms with Crippen LogP contribution in [0.25, 0.3) is 0 Å². The van der Waals surface area contributed by atoms with E-state index in [-0.39, 0.29) is 18.1 Å². The molecule has 110 valence electrons. The summed E-state index contributed by atoms with van der Waals surface area (Å²) < 4.78 is 10.9. The molecule has 1 fully saturated rings. The number of nitro benzene ring substituents is 1. The molecule has 1 aliphatic rings. The van der Waals surface area contributed by atoms with Crippen molar-refractivity contribution in [2.45, 2.75) is 6.92 Å². The van der Waals surface area contributed by atoms with Crippen LogP contribution in [-0.2, 0) is 4.74 Å². The van der Waals surface area contributed by atoms with Crippen molar-refractivity contribution in [3.05, 3.63) is 46.4 Å². The van der Waals surface area contributed by atoms with Gasteiger partial charge in [-0.15, -0.1) is 12.4 Å². The van der Waals surface area contributed by atoms with Crippen LogP contribution in [0.1, 0.15) is 6.92 Å². The van der Waals surface area contributed by atoms with Crippen molar-refractivity contribution < 1.29 is 14.4 Å². The standard InChI is InChI=1S/C13H16N2O4.ClH/c1-2-14-7-8-18-13(9-14)10-19-12-5-3-11(4-6-12)15(16)17;/h3-6,10H,2,7-9H2,1H3;1H. The molecule has 1 aromatic rings. The summed E-state index contributed by atoms with van der Waals surface area (Å²) >= 11 is 0. The second-order valence-corrected chi connectivity index (χ2v) is 4.17. The number of halogens is 1. The Morgan fingerprint density at radius 1 is 1.45 bits per heavy atom. The number of hydrogen-bond acceptors (Lipinski definition) is 5. The second kappa shape index (κ2) is 7.72. The van der Waals surface area contributed by atoms with Crippen LogP contribution in [0.15, 0.2) is 36.3 Å². The van der Waals surface area contributed by atoms with Gasteiger partial charge in [0.05, 0.1) is 11.5 Å². The van der Waals surface area contributed by atoms with Gasteiger partial charge in [-0.3, -0.25) is 15.0 Å². The first-order valence-electron chi connectivity index (χ1n) is 6.14. The molecule has 0 N–H and O–H groups in total. The van der Waals surface area contributed by atoms with E-state index in [0.29, 0.717) is 12.4 Å². The number of rotatable bonds is 4. The topological polar surface area (TPSA) is 64.8 Å². The van der Waals surface area contributed by atoms with Crippen molar-refractivity contribution in [2.75, 3.05) is 26.2 Å². The zero-order valence-corrected chi connectivity index (χ0v) is 12.0. The van der Waals surface area contributed by atoms with Gasteiger partial charge in [0, 0.05) is 18.7 Å². The van der Waals surface area contributed by atoms with Crippen molar-refractivity contribution in [1.29, 1.82) is 0 Å². The number of ether oxygens (including phenoxy) is 2. The molecule has 2 rings (SSSR count). The summed E-state index contributed by atoms with van der Waals surface area (Å²) in [5, 5.41) is 10.5. The first-order chi connectivity index (χ1) is 9.19. The lowest BCUT2D eigenvalue weighted by Gasteiger charge is -2.27. The zero-order chi connectivity index (χ0) is 13.7. The van der Waals surface area contributed by atoms with E-state index in [1.54, 1.807) is 18.4 Å². The maximum absolute atomic E-state index is 10.5. The Kier molecular flexibility index (Phi) is 6.27. The van der Waals surface area contributed by atoms with Crippen LogP contribution in [0.3, 0.4) is 0 Å². The van der Waals surface area contributed by atoms with Gasteiger partial charge in [0.2, 0.25) is 0 Å². The van der Waals surface area contributed by atoms with Crippen molar-refractivity contribution in [3.63, 3.8) is 0 Å². The largest absolute Gasteiger partial charge is 0.492 e. The maximum Gasteiger partial charge on any atom is 0.269 e. The minimum Gasteiger partial charge on any atom is -0.492 e. The highest BCUT2D eigenvalue weighted by atomic mass is 35.5. The van der Waals surface area contributed by atoms with Crippen LogP contribution in [-0.4, -0.2) is 36.1 Å². The highest BCUT2D eigenvalue weighted by molar-refractivity contribution is 5.85.